The van der Waals surface area contributed by atoms with Crippen LogP contribution in [0.3, 0.4) is 0 Å². The van der Waals surface area contributed by atoms with Crippen molar-refractivity contribution in [2.75, 3.05) is 10.1 Å². The molecule has 0 saturated heterocycles. The zero-order valence-corrected chi connectivity index (χ0v) is 12.2. The molecule has 0 aliphatic carbocycles. The van der Waals surface area contributed by atoms with Crippen molar-refractivity contribution in [3.8, 4) is 0 Å². The summed E-state index contributed by atoms with van der Waals surface area (Å²) >= 11 is 11.7. The first-order valence-corrected chi connectivity index (χ1v) is 7.43. The van der Waals surface area contributed by atoms with Gasteiger partial charge in [0.05, 0.1) is 10.0 Å². The van der Waals surface area contributed by atoms with Crippen LogP contribution in [0, 0.1) is 0 Å². The number of halogens is 2. The predicted molar refractivity (Wildman–Crippen MR) is 77.1 cm³/mol. The van der Waals surface area contributed by atoms with Gasteiger partial charge in [-0.2, -0.15) is 0 Å². The largest absolute Gasteiger partial charge is 0.307 e. The molecule has 0 aliphatic rings. The standard InChI is InChI=1S/C10H9Cl2N5O2S/c11-7-2-1-3-14-10(7)17-20(18,19)6-4-8(12)9(16-13)15-5-6/h1-5H,13H2,(H,14,17)(H,15,16). The molecule has 2 aromatic heterocycles. The second-order valence-electron chi connectivity index (χ2n) is 3.59. The summed E-state index contributed by atoms with van der Waals surface area (Å²) in [5.74, 6) is 5.35. The number of aromatic nitrogens is 2. The Kier molecular flexibility index (Phi) is 4.29. The van der Waals surface area contributed by atoms with Crippen LogP contribution in [0.15, 0.2) is 35.5 Å². The maximum absolute atomic E-state index is 12.1. The van der Waals surface area contributed by atoms with Crippen LogP contribution in [0.1, 0.15) is 0 Å². The van der Waals surface area contributed by atoms with Gasteiger partial charge in [0, 0.05) is 12.4 Å². The lowest BCUT2D eigenvalue weighted by atomic mass is 10.5. The van der Waals surface area contributed by atoms with Crippen molar-refractivity contribution in [2.45, 2.75) is 4.90 Å². The molecule has 2 rings (SSSR count). The minimum absolute atomic E-state index is 0.0197. The van der Waals surface area contributed by atoms with Gasteiger partial charge < -0.3 is 5.43 Å². The molecule has 4 N–H and O–H groups in total. The summed E-state index contributed by atoms with van der Waals surface area (Å²) in [6.45, 7) is 0. The Hall–Kier alpha value is -1.61. The highest BCUT2D eigenvalue weighted by molar-refractivity contribution is 7.92. The van der Waals surface area contributed by atoms with Crippen LogP contribution in [0.4, 0.5) is 11.6 Å². The highest BCUT2D eigenvalue weighted by Crippen LogP contribution is 2.25. The molecule has 7 nitrogen and oxygen atoms in total. The summed E-state index contributed by atoms with van der Waals surface area (Å²) in [7, 11) is -3.90. The quantitative estimate of drug-likeness (QED) is 0.582. The van der Waals surface area contributed by atoms with Gasteiger partial charge in [-0.15, -0.1) is 0 Å². The van der Waals surface area contributed by atoms with Crippen molar-refractivity contribution in [2.24, 2.45) is 5.84 Å². The Labute approximate surface area is 125 Å². The number of anilines is 2. The number of nitrogens with one attached hydrogen (secondary N) is 2. The number of sulfonamides is 1. The summed E-state index contributed by atoms with van der Waals surface area (Å²) in [6, 6.07) is 4.31. The molecule has 10 heteroatoms. The fourth-order valence-electron chi connectivity index (χ4n) is 1.32. The van der Waals surface area contributed by atoms with E-state index in [9.17, 15) is 8.42 Å². The zero-order valence-electron chi connectivity index (χ0n) is 9.84. The van der Waals surface area contributed by atoms with Crippen molar-refractivity contribution < 1.29 is 8.42 Å². The van der Waals surface area contributed by atoms with Crippen LogP contribution in [-0.2, 0) is 10.0 Å². The third-order valence-electron chi connectivity index (χ3n) is 2.25. The number of nitrogens with zero attached hydrogens (tertiary/aromatic N) is 2. The molecule has 2 heterocycles. The van der Waals surface area contributed by atoms with Crippen LogP contribution >= 0.6 is 23.2 Å². The summed E-state index contributed by atoms with van der Waals surface area (Å²) in [6.07, 6.45) is 2.52. The second-order valence-corrected chi connectivity index (χ2v) is 6.08. The normalized spacial score (nSPS) is 11.2. The average molecular weight is 334 g/mol. The number of hydrazine groups is 1. The molecule has 0 unspecified atom stereocenters. The van der Waals surface area contributed by atoms with Crippen LogP contribution in [-0.4, -0.2) is 18.4 Å². The van der Waals surface area contributed by atoms with E-state index < -0.39 is 10.0 Å². The number of nitrogen functional groups attached to an aromatic ring is 1. The third kappa shape index (κ3) is 3.10. The average Bonchev–Trinajstić information content (AvgIpc) is 2.41. The summed E-state index contributed by atoms with van der Waals surface area (Å²) in [4.78, 5) is 7.49. The van der Waals surface area contributed by atoms with Crippen molar-refractivity contribution in [1.82, 2.24) is 9.97 Å². The first-order chi connectivity index (χ1) is 9.44. The van der Waals surface area contributed by atoms with E-state index in [1.807, 2.05) is 0 Å². The molecule has 0 atom stereocenters. The fraction of sp³-hybridized carbons (Fsp3) is 0. The number of hydrogen-bond donors (Lipinski definition) is 3. The van der Waals surface area contributed by atoms with Crippen molar-refractivity contribution >= 4 is 44.9 Å². The van der Waals surface area contributed by atoms with Gasteiger partial charge in [-0.3, -0.25) is 4.72 Å². The minimum Gasteiger partial charge on any atom is -0.307 e. The first kappa shape index (κ1) is 14.8. The second kappa shape index (κ2) is 5.80. The number of hydrogen-bond acceptors (Lipinski definition) is 6. The van der Waals surface area contributed by atoms with E-state index in [2.05, 4.69) is 20.1 Å². The van der Waals surface area contributed by atoms with E-state index in [1.165, 1.54) is 18.3 Å². The molecule has 0 radical (unpaired) electrons. The van der Waals surface area contributed by atoms with E-state index in [1.54, 1.807) is 6.07 Å². The topological polar surface area (TPSA) is 110 Å². The predicted octanol–water partition coefficient (Wildman–Crippen LogP) is 1.87. The van der Waals surface area contributed by atoms with Crippen LogP contribution in [0.5, 0.6) is 0 Å². The highest BCUT2D eigenvalue weighted by Gasteiger charge is 2.18. The lowest BCUT2D eigenvalue weighted by molar-refractivity contribution is 0.600. The van der Waals surface area contributed by atoms with Gasteiger partial charge in [0.15, 0.2) is 11.6 Å². The molecule has 0 fully saturated rings. The molecule has 20 heavy (non-hydrogen) atoms. The molecule has 0 aliphatic heterocycles. The molecule has 0 saturated carbocycles. The Morgan fingerprint density at radius 3 is 2.50 bits per heavy atom. The third-order valence-corrected chi connectivity index (χ3v) is 4.15. The molecule has 0 spiro atoms. The van der Waals surface area contributed by atoms with Crippen LogP contribution in [0.2, 0.25) is 10.0 Å². The molecular formula is C10H9Cl2N5O2S. The Morgan fingerprint density at radius 1 is 1.15 bits per heavy atom. The monoisotopic (exact) mass is 333 g/mol. The molecular weight excluding hydrogens is 325 g/mol. The van der Waals surface area contributed by atoms with E-state index >= 15 is 0 Å². The number of rotatable bonds is 4. The van der Waals surface area contributed by atoms with Gasteiger partial charge in [0.2, 0.25) is 0 Å². The molecule has 0 aromatic carbocycles. The lowest BCUT2D eigenvalue weighted by Crippen LogP contribution is -2.15. The molecule has 106 valence electrons. The Morgan fingerprint density at radius 2 is 1.90 bits per heavy atom. The maximum atomic E-state index is 12.1. The molecule has 0 amide bonds. The van der Waals surface area contributed by atoms with Crippen LogP contribution in [0.25, 0.3) is 0 Å². The molecule has 0 bridgehead atoms. The van der Waals surface area contributed by atoms with Gasteiger partial charge >= 0.3 is 0 Å². The summed E-state index contributed by atoms with van der Waals surface area (Å²) < 4.78 is 26.5. The highest BCUT2D eigenvalue weighted by atomic mass is 35.5. The van der Waals surface area contributed by atoms with Crippen molar-refractivity contribution in [3.05, 3.63) is 40.6 Å². The summed E-state index contributed by atoms with van der Waals surface area (Å²) in [5.41, 5.74) is 2.24. The Balaban J connectivity index is 2.36. The molecule has 2 aromatic rings. The zero-order chi connectivity index (χ0) is 14.8. The maximum Gasteiger partial charge on any atom is 0.264 e. The van der Waals surface area contributed by atoms with E-state index in [0.29, 0.717) is 0 Å². The fourth-order valence-corrected chi connectivity index (χ4v) is 2.83. The summed E-state index contributed by atoms with van der Waals surface area (Å²) in [5, 5.41) is 0.248. The smallest absolute Gasteiger partial charge is 0.264 e. The van der Waals surface area contributed by atoms with E-state index in [-0.39, 0.29) is 26.6 Å². The van der Waals surface area contributed by atoms with Gasteiger partial charge in [0.25, 0.3) is 10.0 Å². The van der Waals surface area contributed by atoms with Gasteiger partial charge in [0.1, 0.15) is 4.90 Å². The lowest BCUT2D eigenvalue weighted by Gasteiger charge is -2.09. The number of nitrogens with two attached hydrogens (primary N) is 1. The van der Waals surface area contributed by atoms with Gasteiger partial charge in [-0.05, 0) is 18.2 Å². The van der Waals surface area contributed by atoms with E-state index in [4.69, 9.17) is 29.0 Å². The minimum atomic E-state index is -3.90. The van der Waals surface area contributed by atoms with Crippen molar-refractivity contribution in [3.63, 3.8) is 0 Å². The SMILES string of the molecule is NNc1ncc(S(=O)(=O)Nc2ncccc2Cl)cc1Cl. The Bertz CT molecular complexity index is 738. The van der Waals surface area contributed by atoms with Crippen LogP contribution < -0.4 is 16.0 Å². The number of pyridine rings is 2. The van der Waals surface area contributed by atoms with E-state index in [0.717, 1.165) is 6.20 Å². The van der Waals surface area contributed by atoms with Gasteiger partial charge in [-0.25, -0.2) is 24.2 Å². The van der Waals surface area contributed by atoms with Gasteiger partial charge in [-0.1, -0.05) is 23.2 Å². The first-order valence-electron chi connectivity index (χ1n) is 5.19. The van der Waals surface area contributed by atoms with Crippen molar-refractivity contribution in [1.29, 1.82) is 0 Å².